The van der Waals surface area contributed by atoms with Crippen LogP contribution in [-0.4, -0.2) is 43.9 Å². The summed E-state index contributed by atoms with van der Waals surface area (Å²) in [7, 11) is -0.725. The number of para-hydroxylation sites is 1. The molecule has 0 aliphatic heterocycles. The standard InChI is InChI=1S/C20H22N4O3S/c1-4-14-7-6-10-18-16(12-21-19(14)18)13-22-23-20(25)15-8-5-9-17(11-15)28(26,27)24(2)3/h5-13,21H,4H2,1-3H3,(H,23,25)/b22-13+. The lowest BCUT2D eigenvalue weighted by Gasteiger charge is -2.11. The number of nitrogens with zero attached hydrogens (tertiary/aromatic N) is 2. The van der Waals surface area contributed by atoms with Crippen LogP contribution in [-0.2, 0) is 16.4 Å². The first-order valence-electron chi connectivity index (χ1n) is 8.79. The van der Waals surface area contributed by atoms with Crippen molar-refractivity contribution < 1.29 is 13.2 Å². The summed E-state index contributed by atoms with van der Waals surface area (Å²) in [5, 5.41) is 5.04. The number of hydrazone groups is 1. The lowest BCUT2D eigenvalue weighted by molar-refractivity contribution is 0.0955. The highest BCUT2D eigenvalue weighted by Crippen LogP contribution is 2.21. The van der Waals surface area contributed by atoms with Crippen LogP contribution in [0.15, 0.2) is 58.7 Å². The van der Waals surface area contributed by atoms with Crippen LogP contribution in [0.3, 0.4) is 0 Å². The number of hydrogen-bond acceptors (Lipinski definition) is 4. The summed E-state index contributed by atoms with van der Waals surface area (Å²) < 4.78 is 25.5. The predicted molar refractivity (Wildman–Crippen MR) is 110 cm³/mol. The van der Waals surface area contributed by atoms with Gasteiger partial charge >= 0.3 is 0 Å². The molecular weight excluding hydrogens is 376 g/mol. The van der Waals surface area contributed by atoms with Gasteiger partial charge < -0.3 is 4.98 Å². The Hall–Kier alpha value is -2.97. The summed E-state index contributed by atoms with van der Waals surface area (Å²) in [5.41, 5.74) is 5.78. The molecule has 0 spiro atoms. The Morgan fingerprint density at radius 1 is 1.21 bits per heavy atom. The molecular formula is C20H22N4O3S. The van der Waals surface area contributed by atoms with E-state index in [1.165, 1.54) is 37.9 Å². The van der Waals surface area contributed by atoms with Crippen molar-refractivity contribution in [2.45, 2.75) is 18.2 Å². The van der Waals surface area contributed by atoms with Gasteiger partial charge in [-0.1, -0.05) is 31.2 Å². The molecule has 7 nitrogen and oxygen atoms in total. The van der Waals surface area contributed by atoms with Crippen molar-refractivity contribution in [2.75, 3.05) is 14.1 Å². The molecule has 8 heteroatoms. The lowest BCUT2D eigenvalue weighted by Crippen LogP contribution is -2.23. The second-order valence-corrected chi connectivity index (χ2v) is 8.60. The topological polar surface area (TPSA) is 94.6 Å². The molecule has 0 radical (unpaired) electrons. The Kier molecular flexibility index (Phi) is 5.62. The first kappa shape index (κ1) is 19.8. The Balaban J connectivity index is 1.78. The molecule has 0 fully saturated rings. The number of amides is 1. The second-order valence-electron chi connectivity index (χ2n) is 6.45. The van der Waals surface area contributed by atoms with E-state index in [9.17, 15) is 13.2 Å². The second kappa shape index (κ2) is 7.95. The quantitative estimate of drug-likeness (QED) is 0.494. The highest BCUT2D eigenvalue weighted by atomic mass is 32.2. The summed E-state index contributed by atoms with van der Waals surface area (Å²) in [6.07, 6.45) is 4.32. The zero-order chi connectivity index (χ0) is 20.3. The number of sulfonamides is 1. The molecule has 1 amide bonds. The molecule has 2 N–H and O–H groups in total. The first-order chi connectivity index (χ1) is 13.3. The van der Waals surface area contributed by atoms with Crippen molar-refractivity contribution in [3.05, 3.63) is 65.4 Å². The number of carbonyl (C=O) groups is 1. The summed E-state index contributed by atoms with van der Waals surface area (Å²) in [6, 6.07) is 11.9. The molecule has 0 bridgehead atoms. The normalized spacial score (nSPS) is 12.1. The van der Waals surface area contributed by atoms with Gasteiger partial charge in [0, 0.05) is 42.3 Å². The smallest absolute Gasteiger partial charge is 0.271 e. The maximum absolute atomic E-state index is 12.3. The van der Waals surface area contributed by atoms with Crippen LogP contribution < -0.4 is 5.43 Å². The number of hydrogen-bond donors (Lipinski definition) is 2. The van der Waals surface area contributed by atoms with E-state index in [4.69, 9.17) is 0 Å². The van der Waals surface area contributed by atoms with Gasteiger partial charge in [-0.3, -0.25) is 4.79 Å². The van der Waals surface area contributed by atoms with Gasteiger partial charge in [-0.2, -0.15) is 5.10 Å². The number of carbonyl (C=O) groups excluding carboxylic acids is 1. The summed E-state index contributed by atoms with van der Waals surface area (Å²) in [6.45, 7) is 2.09. The van der Waals surface area contributed by atoms with Gasteiger partial charge in [-0.05, 0) is 30.2 Å². The Bertz CT molecular complexity index is 1150. The number of benzene rings is 2. The van der Waals surface area contributed by atoms with Crippen molar-refractivity contribution in [3.63, 3.8) is 0 Å². The largest absolute Gasteiger partial charge is 0.360 e. The average Bonchev–Trinajstić information content (AvgIpc) is 3.11. The lowest BCUT2D eigenvalue weighted by atomic mass is 10.1. The number of aryl methyl sites for hydroxylation is 1. The van der Waals surface area contributed by atoms with E-state index >= 15 is 0 Å². The summed E-state index contributed by atoms with van der Waals surface area (Å²) >= 11 is 0. The Morgan fingerprint density at radius 3 is 2.68 bits per heavy atom. The van der Waals surface area contributed by atoms with Crippen LogP contribution in [0.4, 0.5) is 0 Å². The molecule has 3 aromatic rings. The van der Waals surface area contributed by atoms with Gasteiger partial charge in [0.15, 0.2) is 0 Å². The molecule has 3 rings (SSSR count). The van der Waals surface area contributed by atoms with E-state index in [1.807, 2.05) is 18.3 Å². The summed E-state index contributed by atoms with van der Waals surface area (Å²) in [4.78, 5) is 15.6. The van der Waals surface area contributed by atoms with E-state index in [0.717, 1.165) is 27.2 Å². The molecule has 1 aromatic heterocycles. The van der Waals surface area contributed by atoms with E-state index in [0.29, 0.717) is 0 Å². The van der Waals surface area contributed by atoms with Crippen LogP contribution in [0.25, 0.3) is 10.9 Å². The third-order valence-electron chi connectivity index (χ3n) is 4.46. The molecule has 0 aliphatic rings. The molecule has 0 unspecified atom stereocenters. The monoisotopic (exact) mass is 398 g/mol. The van der Waals surface area contributed by atoms with Crippen LogP contribution in [0.1, 0.15) is 28.4 Å². The van der Waals surface area contributed by atoms with Gasteiger partial charge in [-0.15, -0.1) is 0 Å². The number of aromatic nitrogens is 1. The minimum atomic E-state index is -3.61. The molecule has 28 heavy (non-hydrogen) atoms. The molecule has 1 heterocycles. The van der Waals surface area contributed by atoms with Gasteiger partial charge in [-0.25, -0.2) is 18.1 Å². The highest BCUT2D eigenvalue weighted by Gasteiger charge is 2.18. The fourth-order valence-corrected chi connectivity index (χ4v) is 3.82. The fourth-order valence-electron chi connectivity index (χ4n) is 2.87. The third-order valence-corrected chi connectivity index (χ3v) is 6.27. The fraction of sp³-hybridized carbons (Fsp3) is 0.200. The zero-order valence-electron chi connectivity index (χ0n) is 15.9. The summed E-state index contributed by atoms with van der Waals surface area (Å²) in [5.74, 6) is -0.485. The molecule has 0 saturated carbocycles. The SMILES string of the molecule is CCc1cccc2c(/C=N/NC(=O)c3cccc(S(=O)(=O)N(C)C)c3)c[nH]c12. The van der Waals surface area contributed by atoms with Crippen molar-refractivity contribution >= 4 is 33.0 Å². The number of fused-ring (bicyclic) bond motifs is 1. The molecule has 0 atom stereocenters. The number of nitrogens with one attached hydrogen (secondary N) is 2. The molecule has 0 aliphatic carbocycles. The van der Waals surface area contributed by atoms with Crippen molar-refractivity contribution in [1.82, 2.24) is 14.7 Å². The highest BCUT2D eigenvalue weighted by molar-refractivity contribution is 7.89. The number of H-pyrrole nitrogens is 1. The van der Waals surface area contributed by atoms with Gasteiger partial charge in [0.25, 0.3) is 5.91 Å². The van der Waals surface area contributed by atoms with Crippen LogP contribution in [0.5, 0.6) is 0 Å². The van der Waals surface area contributed by atoms with E-state index < -0.39 is 15.9 Å². The van der Waals surface area contributed by atoms with Crippen molar-refractivity contribution in [3.8, 4) is 0 Å². The van der Waals surface area contributed by atoms with Gasteiger partial charge in [0.2, 0.25) is 10.0 Å². The minimum Gasteiger partial charge on any atom is -0.360 e. The van der Waals surface area contributed by atoms with E-state index in [2.05, 4.69) is 28.5 Å². The van der Waals surface area contributed by atoms with Crippen LogP contribution >= 0.6 is 0 Å². The Morgan fingerprint density at radius 2 is 1.96 bits per heavy atom. The maximum atomic E-state index is 12.3. The van der Waals surface area contributed by atoms with Crippen LogP contribution in [0, 0.1) is 0 Å². The number of rotatable bonds is 6. The first-order valence-corrected chi connectivity index (χ1v) is 10.2. The van der Waals surface area contributed by atoms with Crippen LogP contribution in [0.2, 0.25) is 0 Å². The van der Waals surface area contributed by atoms with E-state index in [1.54, 1.807) is 12.3 Å². The molecule has 146 valence electrons. The predicted octanol–water partition coefficient (Wildman–Crippen LogP) is 2.74. The Labute approximate surface area is 164 Å². The molecule has 0 saturated heterocycles. The maximum Gasteiger partial charge on any atom is 0.271 e. The zero-order valence-corrected chi connectivity index (χ0v) is 16.7. The van der Waals surface area contributed by atoms with E-state index in [-0.39, 0.29) is 10.5 Å². The van der Waals surface area contributed by atoms with Crippen molar-refractivity contribution in [1.29, 1.82) is 0 Å². The molecule has 2 aromatic carbocycles. The third kappa shape index (κ3) is 3.83. The minimum absolute atomic E-state index is 0.0536. The average molecular weight is 398 g/mol. The van der Waals surface area contributed by atoms with Gasteiger partial charge in [0.1, 0.15) is 0 Å². The number of aromatic amines is 1. The van der Waals surface area contributed by atoms with Crippen molar-refractivity contribution in [2.24, 2.45) is 5.10 Å². The van der Waals surface area contributed by atoms with Gasteiger partial charge in [0.05, 0.1) is 11.1 Å².